The number of halogens is 4. The minimum atomic E-state index is -4.32. The summed E-state index contributed by atoms with van der Waals surface area (Å²) < 4.78 is 38.8. The van der Waals surface area contributed by atoms with Gasteiger partial charge in [-0.2, -0.15) is 13.2 Å². The van der Waals surface area contributed by atoms with Crippen LogP contribution in [0, 0.1) is 0 Å². The molecule has 110 valence electrons. The first-order valence-corrected chi connectivity index (χ1v) is 7.60. The van der Waals surface area contributed by atoms with Gasteiger partial charge in [-0.05, 0) is 37.5 Å². The Morgan fingerprint density at radius 3 is 2.55 bits per heavy atom. The molecule has 1 N–H and O–H groups in total. The average Bonchev–Trinajstić information content (AvgIpc) is 3.05. The van der Waals surface area contributed by atoms with Crippen molar-refractivity contribution in [2.24, 2.45) is 0 Å². The van der Waals surface area contributed by atoms with Crippen LogP contribution < -0.4 is 10.2 Å². The van der Waals surface area contributed by atoms with Crippen LogP contribution in [-0.4, -0.2) is 25.2 Å². The smallest absolute Gasteiger partial charge is 0.370 e. The van der Waals surface area contributed by atoms with Crippen LogP contribution in [0.25, 0.3) is 0 Å². The minimum Gasteiger partial charge on any atom is -0.370 e. The zero-order valence-corrected chi connectivity index (χ0v) is 12.5. The third-order valence-electron chi connectivity index (χ3n) is 3.86. The number of rotatable bonds is 3. The third kappa shape index (κ3) is 3.11. The maximum atomic E-state index is 12.9. The Kier molecular flexibility index (Phi) is 3.71. The molecule has 0 aromatic heterocycles. The molecule has 2 aliphatic rings. The molecular weight excluding hydrogens is 333 g/mol. The highest BCUT2D eigenvalue weighted by Gasteiger charge is 2.34. The van der Waals surface area contributed by atoms with Gasteiger partial charge in [0.25, 0.3) is 0 Å². The number of nitrogens with zero attached hydrogens (tertiary/aromatic N) is 1. The molecule has 20 heavy (non-hydrogen) atoms. The van der Waals surface area contributed by atoms with E-state index in [1.807, 2.05) is 4.90 Å². The van der Waals surface area contributed by atoms with Gasteiger partial charge in [-0.15, -0.1) is 0 Å². The quantitative estimate of drug-likeness (QED) is 0.893. The van der Waals surface area contributed by atoms with Gasteiger partial charge in [-0.3, -0.25) is 0 Å². The lowest BCUT2D eigenvalue weighted by molar-refractivity contribution is -0.138. The van der Waals surface area contributed by atoms with Gasteiger partial charge in [0.1, 0.15) is 0 Å². The average molecular weight is 349 g/mol. The summed E-state index contributed by atoms with van der Waals surface area (Å²) in [5.74, 6) is 0. The molecule has 6 heteroatoms. The predicted molar refractivity (Wildman–Crippen MR) is 75.9 cm³/mol. The predicted octanol–water partition coefficient (Wildman–Crippen LogP) is 3.80. The summed E-state index contributed by atoms with van der Waals surface area (Å²) >= 11 is 2.98. The fraction of sp³-hybridized carbons (Fsp3) is 0.571. The maximum Gasteiger partial charge on any atom is 0.417 e. The van der Waals surface area contributed by atoms with Gasteiger partial charge in [-0.1, -0.05) is 15.9 Å². The van der Waals surface area contributed by atoms with Gasteiger partial charge in [0, 0.05) is 35.3 Å². The number of hydrogen-bond donors (Lipinski definition) is 1. The number of hydrogen-bond acceptors (Lipinski definition) is 2. The lowest BCUT2D eigenvalue weighted by Gasteiger charge is -2.21. The van der Waals surface area contributed by atoms with Crippen molar-refractivity contribution < 1.29 is 13.2 Å². The maximum absolute atomic E-state index is 12.9. The number of benzene rings is 1. The van der Waals surface area contributed by atoms with E-state index < -0.39 is 11.7 Å². The molecule has 1 saturated heterocycles. The lowest BCUT2D eigenvalue weighted by Crippen LogP contribution is -2.34. The molecular formula is C14H16BrF3N2. The zero-order valence-electron chi connectivity index (χ0n) is 10.9. The van der Waals surface area contributed by atoms with Gasteiger partial charge in [0.2, 0.25) is 0 Å². The Hall–Kier alpha value is -0.750. The molecule has 1 saturated carbocycles. The van der Waals surface area contributed by atoms with Crippen molar-refractivity contribution in [3.8, 4) is 0 Å². The Morgan fingerprint density at radius 2 is 1.90 bits per heavy atom. The van der Waals surface area contributed by atoms with E-state index in [0.717, 1.165) is 19.5 Å². The SMILES string of the molecule is FC(F)(F)c1cc(N2CCC(NC3CC3)C2)ccc1Br. The molecule has 1 heterocycles. The van der Waals surface area contributed by atoms with Gasteiger partial charge in [0.05, 0.1) is 5.56 Å². The highest BCUT2D eigenvalue weighted by molar-refractivity contribution is 9.10. The number of alkyl halides is 3. The summed E-state index contributed by atoms with van der Waals surface area (Å²) in [6.45, 7) is 1.60. The molecule has 1 unspecified atom stereocenters. The number of nitrogens with one attached hydrogen (secondary N) is 1. The molecule has 1 aromatic rings. The molecule has 3 rings (SSSR count). The Labute approximate surface area is 124 Å². The molecule has 1 aliphatic heterocycles. The molecule has 2 fully saturated rings. The first-order valence-electron chi connectivity index (χ1n) is 6.81. The molecule has 1 aromatic carbocycles. The summed E-state index contributed by atoms with van der Waals surface area (Å²) in [6, 6.07) is 5.51. The van der Waals surface area contributed by atoms with Crippen LogP contribution in [0.4, 0.5) is 18.9 Å². The van der Waals surface area contributed by atoms with Gasteiger partial charge in [-0.25, -0.2) is 0 Å². The van der Waals surface area contributed by atoms with Crippen molar-refractivity contribution in [1.29, 1.82) is 0 Å². The van der Waals surface area contributed by atoms with Crippen LogP contribution in [0.15, 0.2) is 22.7 Å². The Morgan fingerprint density at radius 1 is 1.15 bits per heavy atom. The normalized spacial score (nSPS) is 23.4. The van der Waals surface area contributed by atoms with Gasteiger partial charge in [0.15, 0.2) is 0 Å². The topological polar surface area (TPSA) is 15.3 Å². The molecule has 0 amide bonds. The summed E-state index contributed by atoms with van der Waals surface area (Å²) in [4.78, 5) is 2.03. The monoisotopic (exact) mass is 348 g/mol. The second-order valence-electron chi connectivity index (χ2n) is 5.53. The zero-order chi connectivity index (χ0) is 14.3. The van der Waals surface area contributed by atoms with Crippen LogP contribution in [0.5, 0.6) is 0 Å². The van der Waals surface area contributed by atoms with E-state index in [-0.39, 0.29) is 4.47 Å². The van der Waals surface area contributed by atoms with E-state index in [9.17, 15) is 13.2 Å². The first kappa shape index (κ1) is 14.2. The van der Waals surface area contributed by atoms with Crippen LogP contribution in [0.2, 0.25) is 0 Å². The Balaban J connectivity index is 1.74. The van der Waals surface area contributed by atoms with Crippen LogP contribution >= 0.6 is 15.9 Å². The highest BCUT2D eigenvalue weighted by Crippen LogP contribution is 2.37. The molecule has 1 atom stereocenters. The van der Waals surface area contributed by atoms with Gasteiger partial charge < -0.3 is 10.2 Å². The van der Waals surface area contributed by atoms with Crippen molar-refractivity contribution >= 4 is 21.6 Å². The highest BCUT2D eigenvalue weighted by atomic mass is 79.9. The fourth-order valence-electron chi connectivity index (χ4n) is 2.64. The summed E-state index contributed by atoms with van der Waals surface area (Å²) in [6.07, 6.45) is -0.867. The van der Waals surface area contributed by atoms with Crippen LogP contribution in [-0.2, 0) is 6.18 Å². The largest absolute Gasteiger partial charge is 0.417 e. The van der Waals surface area contributed by atoms with E-state index in [2.05, 4.69) is 21.2 Å². The van der Waals surface area contributed by atoms with E-state index >= 15 is 0 Å². The summed E-state index contributed by atoms with van der Waals surface area (Å²) in [5.41, 5.74) is 0.0502. The fourth-order valence-corrected chi connectivity index (χ4v) is 3.11. The van der Waals surface area contributed by atoms with E-state index in [1.54, 1.807) is 6.07 Å². The number of anilines is 1. The van der Waals surface area contributed by atoms with Crippen molar-refractivity contribution in [2.75, 3.05) is 18.0 Å². The van der Waals surface area contributed by atoms with E-state index in [4.69, 9.17) is 0 Å². The van der Waals surface area contributed by atoms with Crippen molar-refractivity contribution in [3.05, 3.63) is 28.2 Å². The minimum absolute atomic E-state index is 0.0978. The molecule has 0 bridgehead atoms. The van der Waals surface area contributed by atoms with Crippen LogP contribution in [0.3, 0.4) is 0 Å². The Bertz CT molecular complexity index is 500. The summed E-state index contributed by atoms with van der Waals surface area (Å²) in [7, 11) is 0. The van der Waals surface area contributed by atoms with Crippen molar-refractivity contribution in [3.63, 3.8) is 0 Å². The molecule has 0 spiro atoms. The molecule has 1 aliphatic carbocycles. The standard InChI is InChI=1S/C14H16BrF3N2/c15-13-4-3-11(7-12(13)14(16,17)18)20-6-5-10(8-20)19-9-1-2-9/h3-4,7,9-10,19H,1-2,5-6,8H2. The van der Waals surface area contributed by atoms with Crippen molar-refractivity contribution in [1.82, 2.24) is 5.32 Å². The van der Waals surface area contributed by atoms with Gasteiger partial charge >= 0.3 is 6.18 Å². The van der Waals surface area contributed by atoms with E-state index in [0.29, 0.717) is 17.8 Å². The second kappa shape index (κ2) is 5.22. The molecule has 2 nitrogen and oxygen atoms in total. The third-order valence-corrected chi connectivity index (χ3v) is 4.55. The first-order chi connectivity index (χ1) is 9.43. The lowest BCUT2D eigenvalue weighted by atomic mass is 10.2. The van der Waals surface area contributed by atoms with Crippen molar-refractivity contribution in [2.45, 2.75) is 37.5 Å². The van der Waals surface area contributed by atoms with Crippen LogP contribution in [0.1, 0.15) is 24.8 Å². The molecule has 0 radical (unpaired) electrons. The second-order valence-corrected chi connectivity index (χ2v) is 6.39. The summed E-state index contributed by atoms with van der Waals surface area (Å²) in [5, 5.41) is 3.54. The van der Waals surface area contributed by atoms with E-state index in [1.165, 1.54) is 25.0 Å².